The molecule has 0 spiro atoms. The summed E-state index contributed by atoms with van der Waals surface area (Å²) in [5.41, 5.74) is 0. The highest BCUT2D eigenvalue weighted by molar-refractivity contribution is 8.00. The number of nitrogens with one attached hydrogen (secondary N) is 1. The van der Waals surface area contributed by atoms with E-state index in [1.54, 1.807) is 23.3 Å². The van der Waals surface area contributed by atoms with Crippen LogP contribution in [-0.4, -0.2) is 42.1 Å². The number of imidazole rings is 1. The number of halogens is 1. The van der Waals surface area contributed by atoms with Gasteiger partial charge in [-0.05, 0) is 30.7 Å². The maximum absolute atomic E-state index is 5.99. The number of nitrogens with zero attached hydrogens (tertiary/aromatic N) is 5. The Hall–Kier alpha value is -1.34. The van der Waals surface area contributed by atoms with Crippen LogP contribution in [0, 0.1) is 0 Å². The van der Waals surface area contributed by atoms with Crippen molar-refractivity contribution in [3.63, 3.8) is 0 Å². The van der Waals surface area contributed by atoms with E-state index in [-0.39, 0.29) is 10.0 Å². The van der Waals surface area contributed by atoms with Crippen LogP contribution in [0.3, 0.4) is 0 Å². The predicted molar refractivity (Wildman–Crippen MR) is 85.2 cm³/mol. The highest BCUT2D eigenvalue weighted by Gasteiger charge is 2.32. The second-order valence-electron chi connectivity index (χ2n) is 5.15. The molecule has 1 aliphatic rings. The van der Waals surface area contributed by atoms with Gasteiger partial charge in [0.1, 0.15) is 6.33 Å². The monoisotopic (exact) mass is 324 g/mol. The fourth-order valence-corrected chi connectivity index (χ4v) is 3.69. The average Bonchev–Trinajstić information content (AvgIpc) is 3.17. The smallest absolute Gasteiger partial charge is 0.241 e. The van der Waals surface area contributed by atoms with Crippen molar-refractivity contribution < 1.29 is 0 Å². The van der Waals surface area contributed by atoms with Crippen LogP contribution in [0.2, 0.25) is 5.28 Å². The van der Waals surface area contributed by atoms with Gasteiger partial charge in [0.15, 0.2) is 0 Å². The number of thioether (sulfide) groups is 1. The van der Waals surface area contributed by atoms with Crippen LogP contribution in [-0.2, 0) is 0 Å². The first-order valence-corrected chi connectivity index (χ1v) is 8.50. The fourth-order valence-electron chi connectivity index (χ4n) is 2.62. The molecule has 0 radical (unpaired) electrons. The molecule has 1 saturated carbocycles. The third-order valence-electron chi connectivity index (χ3n) is 3.85. The van der Waals surface area contributed by atoms with E-state index in [0.29, 0.717) is 11.9 Å². The Morgan fingerprint density at radius 1 is 1.33 bits per heavy atom. The third-order valence-corrected chi connectivity index (χ3v) is 5.44. The van der Waals surface area contributed by atoms with Gasteiger partial charge in [-0.25, -0.2) is 4.98 Å². The minimum Gasteiger partial charge on any atom is -0.353 e. The second kappa shape index (κ2) is 6.19. The van der Waals surface area contributed by atoms with E-state index in [9.17, 15) is 0 Å². The lowest BCUT2D eigenvalue weighted by Gasteiger charge is -2.26. The quantitative estimate of drug-likeness (QED) is 0.912. The minimum atomic E-state index is 0.181. The summed E-state index contributed by atoms with van der Waals surface area (Å²) in [7, 11) is 0. The predicted octanol–water partition coefficient (Wildman–Crippen LogP) is 2.80. The zero-order valence-corrected chi connectivity index (χ0v) is 13.4. The normalized spacial score (nSPS) is 17.0. The summed E-state index contributed by atoms with van der Waals surface area (Å²) in [5.74, 6) is 0.985. The largest absolute Gasteiger partial charge is 0.353 e. The Morgan fingerprint density at radius 2 is 2.14 bits per heavy atom. The molecule has 8 heteroatoms. The SMILES string of the molecule is CSC1(CNc2nc(Cl)nc(-n3ccnc3)n2)CCCC1. The van der Waals surface area contributed by atoms with Crippen molar-refractivity contribution in [2.24, 2.45) is 0 Å². The topological polar surface area (TPSA) is 68.5 Å². The summed E-state index contributed by atoms with van der Waals surface area (Å²) >= 11 is 7.91. The summed E-state index contributed by atoms with van der Waals surface area (Å²) in [6, 6.07) is 0. The number of anilines is 1. The van der Waals surface area contributed by atoms with Gasteiger partial charge in [0.2, 0.25) is 17.2 Å². The number of hydrogen-bond acceptors (Lipinski definition) is 6. The van der Waals surface area contributed by atoms with Gasteiger partial charge in [0.05, 0.1) is 0 Å². The van der Waals surface area contributed by atoms with Crippen molar-refractivity contribution in [3.05, 3.63) is 24.0 Å². The van der Waals surface area contributed by atoms with Crippen molar-refractivity contribution in [2.45, 2.75) is 30.4 Å². The average molecular weight is 325 g/mol. The molecule has 6 nitrogen and oxygen atoms in total. The zero-order chi connectivity index (χ0) is 14.7. The summed E-state index contributed by atoms with van der Waals surface area (Å²) < 4.78 is 1.99. The van der Waals surface area contributed by atoms with Gasteiger partial charge >= 0.3 is 0 Å². The number of hydrogen-bond donors (Lipinski definition) is 1. The van der Waals surface area contributed by atoms with Gasteiger partial charge in [0.25, 0.3) is 0 Å². The molecule has 1 fully saturated rings. The minimum absolute atomic E-state index is 0.181. The van der Waals surface area contributed by atoms with Crippen molar-refractivity contribution in [1.82, 2.24) is 24.5 Å². The lowest BCUT2D eigenvalue weighted by atomic mass is 10.1. The van der Waals surface area contributed by atoms with Crippen LogP contribution in [0.5, 0.6) is 0 Å². The molecule has 3 rings (SSSR count). The van der Waals surface area contributed by atoms with E-state index in [1.807, 2.05) is 11.8 Å². The summed E-state index contributed by atoms with van der Waals surface area (Å²) in [6.07, 6.45) is 12.3. The van der Waals surface area contributed by atoms with E-state index in [4.69, 9.17) is 11.6 Å². The Kier molecular flexibility index (Phi) is 4.30. The van der Waals surface area contributed by atoms with Crippen molar-refractivity contribution in [1.29, 1.82) is 0 Å². The first-order chi connectivity index (χ1) is 10.2. The Balaban J connectivity index is 1.76. The molecule has 0 aliphatic heterocycles. The molecule has 0 saturated heterocycles. The van der Waals surface area contributed by atoms with Crippen LogP contribution in [0.4, 0.5) is 5.95 Å². The molecule has 1 N–H and O–H groups in total. The maximum atomic E-state index is 5.99. The zero-order valence-electron chi connectivity index (χ0n) is 11.8. The van der Waals surface area contributed by atoms with E-state index >= 15 is 0 Å². The maximum Gasteiger partial charge on any atom is 0.241 e. The van der Waals surface area contributed by atoms with Crippen molar-refractivity contribution in [3.8, 4) is 5.95 Å². The van der Waals surface area contributed by atoms with Gasteiger partial charge in [-0.1, -0.05) is 12.8 Å². The number of rotatable bonds is 5. The van der Waals surface area contributed by atoms with Crippen LogP contribution in [0.25, 0.3) is 5.95 Å². The molecule has 21 heavy (non-hydrogen) atoms. The molecule has 0 unspecified atom stereocenters. The van der Waals surface area contributed by atoms with Gasteiger partial charge in [0, 0.05) is 23.7 Å². The molecular weight excluding hydrogens is 308 g/mol. The molecule has 0 atom stereocenters. The van der Waals surface area contributed by atoms with Gasteiger partial charge < -0.3 is 5.32 Å². The highest BCUT2D eigenvalue weighted by Crippen LogP contribution is 2.40. The van der Waals surface area contributed by atoms with Crippen molar-refractivity contribution >= 4 is 29.3 Å². The third kappa shape index (κ3) is 3.29. The lowest BCUT2D eigenvalue weighted by molar-refractivity contribution is 0.636. The van der Waals surface area contributed by atoms with Gasteiger partial charge in [-0.3, -0.25) is 4.57 Å². The molecular formula is C13H17ClN6S. The van der Waals surface area contributed by atoms with E-state index in [0.717, 1.165) is 6.54 Å². The number of aromatic nitrogens is 5. The summed E-state index contributed by atoms with van der Waals surface area (Å²) in [6.45, 7) is 0.845. The molecule has 112 valence electrons. The fraction of sp³-hybridized carbons (Fsp3) is 0.538. The van der Waals surface area contributed by atoms with Crippen LogP contribution < -0.4 is 5.32 Å². The van der Waals surface area contributed by atoms with E-state index < -0.39 is 0 Å². The standard InChI is InChI=1S/C13H17ClN6S/c1-21-13(4-2-3-5-13)8-16-11-17-10(14)18-12(19-11)20-7-6-15-9-20/h6-7,9H,2-5,8H2,1H3,(H,16,17,18,19). The molecule has 2 aromatic rings. The molecule has 1 aliphatic carbocycles. The first-order valence-electron chi connectivity index (χ1n) is 6.90. The second-order valence-corrected chi connectivity index (χ2v) is 6.76. The van der Waals surface area contributed by atoms with E-state index in [1.165, 1.54) is 25.7 Å². The molecule has 2 aromatic heterocycles. The molecule has 0 aromatic carbocycles. The van der Waals surface area contributed by atoms with Crippen LogP contribution in [0.15, 0.2) is 18.7 Å². The highest BCUT2D eigenvalue weighted by atomic mass is 35.5. The van der Waals surface area contributed by atoms with E-state index in [2.05, 4.69) is 31.5 Å². The Morgan fingerprint density at radius 3 is 2.81 bits per heavy atom. The Labute approximate surface area is 132 Å². The van der Waals surface area contributed by atoms with Gasteiger partial charge in [-0.2, -0.15) is 26.7 Å². The first kappa shape index (κ1) is 14.6. The summed E-state index contributed by atoms with van der Waals surface area (Å²) in [5, 5.41) is 3.50. The lowest BCUT2D eigenvalue weighted by Crippen LogP contribution is -2.30. The Bertz CT molecular complexity index is 597. The van der Waals surface area contributed by atoms with Crippen LogP contribution in [0.1, 0.15) is 25.7 Å². The summed E-state index contributed by atoms with van der Waals surface area (Å²) in [4.78, 5) is 16.7. The molecule has 0 amide bonds. The molecule has 2 heterocycles. The van der Waals surface area contributed by atoms with Crippen LogP contribution >= 0.6 is 23.4 Å². The molecule has 0 bridgehead atoms. The van der Waals surface area contributed by atoms with Crippen molar-refractivity contribution in [2.75, 3.05) is 18.1 Å². The van der Waals surface area contributed by atoms with Gasteiger partial charge in [-0.15, -0.1) is 0 Å².